The van der Waals surface area contributed by atoms with E-state index in [-0.39, 0.29) is 22.4 Å². The number of fused-ring (bicyclic) bond motifs is 2. The van der Waals surface area contributed by atoms with E-state index in [9.17, 15) is 9.59 Å². The Hall–Kier alpha value is -3.92. The molecule has 0 saturated heterocycles. The minimum absolute atomic E-state index is 0.0576. The number of benzene rings is 1. The highest BCUT2D eigenvalue weighted by Crippen LogP contribution is 2.32. The molecule has 10 nitrogen and oxygen atoms in total. The van der Waals surface area contributed by atoms with Crippen molar-refractivity contribution in [3.8, 4) is 0 Å². The van der Waals surface area contributed by atoms with Crippen LogP contribution in [0.25, 0.3) is 10.9 Å². The quantitative estimate of drug-likeness (QED) is 0.338. The lowest BCUT2D eigenvalue weighted by molar-refractivity contribution is 0.0996. The van der Waals surface area contributed by atoms with Crippen molar-refractivity contribution in [3.63, 3.8) is 0 Å². The summed E-state index contributed by atoms with van der Waals surface area (Å²) in [6.45, 7) is 6.26. The van der Waals surface area contributed by atoms with Crippen LogP contribution in [0.2, 0.25) is 5.15 Å². The number of rotatable bonds is 7. The molecule has 0 radical (unpaired) electrons. The maximum Gasteiger partial charge on any atom is 0.269 e. The predicted octanol–water partition coefficient (Wildman–Crippen LogP) is 3.73. The smallest absolute Gasteiger partial charge is 0.269 e. The number of pyridine rings is 1. The van der Waals surface area contributed by atoms with E-state index in [0.29, 0.717) is 29.1 Å². The number of hydrogen-bond donors (Lipinski definition) is 2. The van der Waals surface area contributed by atoms with Gasteiger partial charge in [0.05, 0.1) is 28.3 Å². The van der Waals surface area contributed by atoms with E-state index in [2.05, 4.69) is 26.1 Å². The van der Waals surface area contributed by atoms with Crippen LogP contribution in [0.4, 0.5) is 11.6 Å². The Bertz CT molecular complexity index is 1670. The van der Waals surface area contributed by atoms with E-state index in [1.54, 1.807) is 23.7 Å². The van der Waals surface area contributed by atoms with Gasteiger partial charge in [-0.2, -0.15) is 5.10 Å². The van der Waals surface area contributed by atoms with Gasteiger partial charge in [-0.15, -0.1) is 0 Å². The van der Waals surface area contributed by atoms with Crippen molar-refractivity contribution in [3.05, 3.63) is 74.0 Å². The average molecular weight is 547 g/mol. The number of aryl methyl sites for hydroxylation is 1. The van der Waals surface area contributed by atoms with Crippen LogP contribution in [-0.4, -0.2) is 36.8 Å². The van der Waals surface area contributed by atoms with Crippen molar-refractivity contribution in [1.29, 1.82) is 0 Å². The molecule has 3 N–H and O–H groups in total. The summed E-state index contributed by atoms with van der Waals surface area (Å²) in [6, 6.07) is 6.85. The Kier molecular flexibility index (Phi) is 6.29. The van der Waals surface area contributed by atoms with Crippen LogP contribution in [-0.2, 0) is 26.6 Å². The molecule has 1 aromatic carbocycles. The number of hydrogen-bond acceptors (Lipinski definition) is 7. The molecular formula is C28H31ClN8O2. The van der Waals surface area contributed by atoms with Gasteiger partial charge in [-0.25, -0.2) is 9.97 Å². The molecule has 1 unspecified atom stereocenters. The standard InChI is InChI=1S/C28H31ClN8O2/c1-15-10-19(16(2)31-22-6-7-23(29)32-25(22)26(30)38)24-20(11-15)27(39)35(3)28(33-24)36-9-8-21-18(13-36)14-37(34-21)12-17-4-5-17/h6-7,10-11,14,16-17,31H,4-5,8-9,12-13H2,1-3H3,(H2,30,38). The van der Waals surface area contributed by atoms with Crippen molar-refractivity contribution in [2.45, 2.75) is 52.2 Å². The lowest BCUT2D eigenvalue weighted by Crippen LogP contribution is -2.35. The van der Waals surface area contributed by atoms with Gasteiger partial charge in [-0.1, -0.05) is 17.7 Å². The summed E-state index contributed by atoms with van der Waals surface area (Å²) in [6.07, 6.45) is 5.52. The molecule has 11 heteroatoms. The van der Waals surface area contributed by atoms with Crippen molar-refractivity contribution in [2.24, 2.45) is 18.7 Å². The summed E-state index contributed by atoms with van der Waals surface area (Å²) < 4.78 is 3.72. The maximum atomic E-state index is 13.6. The lowest BCUT2D eigenvalue weighted by atomic mass is 10.0. The molecule has 0 bridgehead atoms. The van der Waals surface area contributed by atoms with E-state index in [0.717, 1.165) is 42.2 Å². The first-order valence-electron chi connectivity index (χ1n) is 13.2. The largest absolute Gasteiger partial charge is 0.377 e. The second-order valence-electron chi connectivity index (χ2n) is 10.7. The molecule has 0 spiro atoms. The van der Waals surface area contributed by atoms with E-state index in [1.165, 1.54) is 18.4 Å². The summed E-state index contributed by atoms with van der Waals surface area (Å²) in [4.78, 5) is 36.9. The molecule has 39 heavy (non-hydrogen) atoms. The number of carbonyl (C=O) groups excluding carboxylic acids is 1. The fourth-order valence-electron chi connectivity index (χ4n) is 5.40. The van der Waals surface area contributed by atoms with Crippen molar-refractivity contribution < 1.29 is 4.79 Å². The Morgan fingerprint density at radius 2 is 2.05 bits per heavy atom. The number of amides is 1. The molecule has 6 rings (SSSR count). The van der Waals surface area contributed by atoms with Gasteiger partial charge >= 0.3 is 0 Å². The molecule has 4 aromatic rings. The Morgan fingerprint density at radius 1 is 1.26 bits per heavy atom. The van der Waals surface area contributed by atoms with E-state index < -0.39 is 5.91 Å². The highest BCUT2D eigenvalue weighted by Gasteiger charge is 2.27. The zero-order valence-electron chi connectivity index (χ0n) is 22.2. The number of primary amides is 1. The lowest BCUT2D eigenvalue weighted by Gasteiger charge is -2.29. The summed E-state index contributed by atoms with van der Waals surface area (Å²) in [5.41, 5.74) is 10.7. The number of nitrogens with one attached hydrogen (secondary N) is 1. The highest BCUT2D eigenvalue weighted by atomic mass is 35.5. The van der Waals surface area contributed by atoms with Crippen molar-refractivity contribution in [1.82, 2.24) is 24.3 Å². The number of carbonyl (C=O) groups is 1. The van der Waals surface area contributed by atoms with Crippen molar-refractivity contribution >= 4 is 40.0 Å². The topological polar surface area (TPSA) is 124 Å². The first-order valence-corrected chi connectivity index (χ1v) is 13.6. The molecule has 2 aliphatic rings. The van der Waals surface area contributed by atoms with Gasteiger partial charge < -0.3 is 16.0 Å². The fourth-order valence-corrected chi connectivity index (χ4v) is 5.55. The molecule has 1 amide bonds. The van der Waals surface area contributed by atoms with Crippen LogP contribution in [0, 0.1) is 12.8 Å². The number of halogens is 1. The SMILES string of the molecule is Cc1cc(C(C)Nc2ccc(Cl)nc2C(N)=O)c2nc(N3CCc4nn(CC5CC5)cc4C3)n(C)c(=O)c2c1. The monoisotopic (exact) mass is 546 g/mol. The molecule has 1 fully saturated rings. The van der Waals surface area contributed by atoms with Crippen LogP contribution in [0.5, 0.6) is 0 Å². The minimum Gasteiger partial charge on any atom is -0.377 e. The van der Waals surface area contributed by atoms with E-state index >= 15 is 0 Å². The van der Waals surface area contributed by atoms with Crippen LogP contribution >= 0.6 is 11.6 Å². The zero-order valence-corrected chi connectivity index (χ0v) is 23.0. The Balaban J connectivity index is 1.37. The molecule has 1 aliphatic heterocycles. The zero-order chi connectivity index (χ0) is 27.4. The number of nitrogens with two attached hydrogens (primary N) is 1. The molecule has 202 valence electrons. The predicted molar refractivity (Wildman–Crippen MR) is 151 cm³/mol. The third-order valence-corrected chi connectivity index (χ3v) is 7.80. The second kappa shape index (κ2) is 9.68. The number of aromatic nitrogens is 5. The maximum absolute atomic E-state index is 13.6. The van der Waals surface area contributed by atoms with Gasteiger partial charge in [0.15, 0.2) is 5.69 Å². The summed E-state index contributed by atoms with van der Waals surface area (Å²) in [5, 5.41) is 8.86. The van der Waals surface area contributed by atoms with Crippen LogP contribution in [0.3, 0.4) is 0 Å². The molecular weight excluding hydrogens is 516 g/mol. The normalized spacial score (nSPS) is 15.8. The van der Waals surface area contributed by atoms with Crippen LogP contribution in [0.1, 0.15) is 58.7 Å². The third-order valence-electron chi connectivity index (χ3n) is 7.59. The molecule has 1 atom stereocenters. The fraction of sp³-hybridized carbons (Fsp3) is 0.393. The average Bonchev–Trinajstić information content (AvgIpc) is 3.62. The first-order chi connectivity index (χ1) is 18.7. The number of nitrogens with zero attached hydrogens (tertiary/aromatic N) is 6. The van der Waals surface area contributed by atoms with E-state index in [4.69, 9.17) is 27.4 Å². The summed E-state index contributed by atoms with van der Waals surface area (Å²) in [7, 11) is 1.78. The Morgan fingerprint density at radius 3 is 2.79 bits per heavy atom. The second-order valence-corrected chi connectivity index (χ2v) is 11.1. The summed E-state index contributed by atoms with van der Waals surface area (Å²) >= 11 is 5.99. The first kappa shape index (κ1) is 25.4. The molecule has 1 saturated carbocycles. The highest BCUT2D eigenvalue weighted by molar-refractivity contribution is 6.29. The van der Waals surface area contributed by atoms with Crippen LogP contribution < -0.4 is 21.5 Å². The molecule has 4 heterocycles. The number of anilines is 2. The van der Waals surface area contributed by atoms with E-state index in [1.807, 2.05) is 26.0 Å². The van der Waals surface area contributed by atoms with Gasteiger partial charge in [0.25, 0.3) is 11.5 Å². The summed E-state index contributed by atoms with van der Waals surface area (Å²) in [5.74, 6) is 0.697. The molecule has 3 aromatic heterocycles. The Labute approximate surface area is 230 Å². The van der Waals surface area contributed by atoms with Gasteiger partial charge in [0, 0.05) is 50.4 Å². The molecule has 1 aliphatic carbocycles. The minimum atomic E-state index is -0.680. The van der Waals surface area contributed by atoms with Gasteiger partial charge in [0.1, 0.15) is 5.15 Å². The van der Waals surface area contributed by atoms with Gasteiger partial charge in [-0.3, -0.25) is 18.8 Å². The van der Waals surface area contributed by atoms with Gasteiger partial charge in [-0.05, 0) is 56.4 Å². The third kappa shape index (κ3) is 4.85. The van der Waals surface area contributed by atoms with Gasteiger partial charge in [0.2, 0.25) is 5.95 Å². The van der Waals surface area contributed by atoms with Crippen molar-refractivity contribution in [2.75, 3.05) is 16.8 Å². The van der Waals surface area contributed by atoms with Crippen LogP contribution in [0.15, 0.2) is 35.3 Å².